The van der Waals surface area contributed by atoms with Gasteiger partial charge in [-0.25, -0.2) is 0 Å². The van der Waals surface area contributed by atoms with E-state index < -0.39 is 5.91 Å². The molecule has 1 aliphatic rings. The molecule has 1 saturated heterocycles. The lowest BCUT2D eigenvalue weighted by Crippen LogP contribution is -2.46. The predicted molar refractivity (Wildman–Crippen MR) is 125 cm³/mol. The monoisotopic (exact) mass is 460 g/mol. The van der Waals surface area contributed by atoms with Crippen molar-refractivity contribution in [2.24, 2.45) is 0 Å². The maximum absolute atomic E-state index is 12.7. The average molecular weight is 461 g/mol. The van der Waals surface area contributed by atoms with Crippen LogP contribution in [0.25, 0.3) is 6.08 Å². The molecule has 2 aromatic carbocycles. The normalized spacial score (nSPS) is 15.2. The molecule has 2 amide bonds. The average Bonchev–Trinajstić information content (AvgIpc) is 2.95. The van der Waals surface area contributed by atoms with E-state index in [1.54, 1.807) is 30.3 Å². The summed E-state index contributed by atoms with van der Waals surface area (Å²) in [5.41, 5.74) is 5.41. The zero-order chi connectivity index (χ0) is 21.8. The summed E-state index contributed by atoms with van der Waals surface area (Å²) in [7, 11) is 0. The number of rotatable bonds is 6. The Hall–Kier alpha value is -2.35. The highest BCUT2D eigenvalue weighted by molar-refractivity contribution is 8.26. The van der Waals surface area contributed by atoms with Gasteiger partial charge in [0.15, 0.2) is 10.9 Å². The van der Waals surface area contributed by atoms with Gasteiger partial charge in [-0.1, -0.05) is 61.5 Å². The fraction of sp³-hybridized carbons (Fsp3) is 0.227. The SMILES string of the molecule is Cc1ccc(C(C)C)c(OCC(=O)NN2C(=O)/C(=C\c3ccc(Cl)cc3)SC2=S)c1. The highest BCUT2D eigenvalue weighted by Gasteiger charge is 2.33. The van der Waals surface area contributed by atoms with E-state index >= 15 is 0 Å². The lowest BCUT2D eigenvalue weighted by atomic mass is 10.0. The minimum Gasteiger partial charge on any atom is -0.483 e. The van der Waals surface area contributed by atoms with Gasteiger partial charge in [0.2, 0.25) is 0 Å². The van der Waals surface area contributed by atoms with E-state index in [0.717, 1.165) is 33.5 Å². The van der Waals surface area contributed by atoms with Crippen LogP contribution in [0.4, 0.5) is 0 Å². The maximum Gasteiger partial charge on any atom is 0.285 e. The van der Waals surface area contributed by atoms with E-state index in [1.165, 1.54) is 0 Å². The van der Waals surface area contributed by atoms with E-state index in [2.05, 4.69) is 19.3 Å². The Kier molecular flexibility index (Phi) is 7.18. The van der Waals surface area contributed by atoms with E-state index in [4.69, 9.17) is 28.6 Å². The minimum atomic E-state index is -0.463. The van der Waals surface area contributed by atoms with Crippen LogP contribution in [0.1, 0.15) is 36.5 Å². The number of benzene rings is 2. The molecule has 30 heavy (non-hydrogen) atoms. The summed E-state index contributed by atoms with van der Waals surface area (Å²) in [6.07, 6.45) is 1.71. The van der Waals surface area contributed by atoms with Crippen molar-refractivity contribution in [2.45, 2.75) is 26.7 Å². The van der Waals surface area contributed by atoms with Crippen LogP contribution in [-0.2, 0) is 9.59 Å². The van der Waals surface area contributed by atoms with Gasteiger partial charge in [-0.05, 0) is 66.0 Å². The number of nitrogens with one attached hydrogen (secondary N) is 1. The highest BCUT2D eigenvalue weighted by atomic mass is 35.5. The smallest absolute Gasteiger partial charge is 0.285 e. The number of thioether (sulfide) groups is 1. The Morgan fingerprint density at radius 1 is 1.27 bits per heavy atom. The summed E-state index contributed by atoms with van der Waals surface area (Å²) in [5, 5.41) is 1.69. The summed E-state index contributed by atoms with van der Waals surface area (Å²) in [6, 6.07) is 13.0. The molecule has 1 N–H and O–H groups in total. The zero-order valence-corrected chi connectivity index (χ0v) is 19.2. The van der Waals surface area contributed by atoms with Crippen LogP contribution in [0, 0.1) is 6.92 Å². The van der Waals surface area contributed by atoms with Gasteiger partial charge in [0.05, 0.1) is 4.91 Å². The number of thiocarbonyl (C=S) groups is 1. The molecule has 0 bridgehead atoms. The van der Waals surface area contributed by atoms with Gasteiger partial charge in [-0.2, -0.15) is 5.01 Å². The van der Waals surface area contributed by atoms with Crippen molar-refractivity contribution in [3.8, 4) is 5.75 Å². The Morgan fingerprint density at radius 2 is 1.97 bits per heavy atom. The van der Waals surface area contributed by atoms with Crippen LogP contribution >= 0.6 is 35.6 Å². The third-order valence-electron chi connectivity index (χ3n) is 4.35. The van der Waals surface area contributed by atoms with Gasteiger partial charge in [-0.15, -0.1) is 0 Å². The predicted octanol–water partition coefficient (Wildman–Crippen LogP) is 5.08. The van der Waals surface area contributed by atoms with Crippen LogP contribution in [-0.4, -0.2) is 27.8 Å². The molecule has 1 aliphatic heterocycles. The number of ether oxygens (including phenoxy) is 1. The van der Waals surface area contributed by atoms with E-state index in [1.807, 2.05) is 25.1 Å². The fourth-order valence-electron chi connectivity index (χ4n) is 2.82. The number of hydrogen-bond donors (Lipinski definition) is 1. The van der Waals surface area contributed by atoms with E-state index in [9.17, 15) is 9.59 Å². The van der Waals surface area contributed by atoms with Crippen molar-refractivity contribution in [1.29, 1.82) is 0 Å². The number of carbonyl (C=O) groups is 2. The minimum absolute atomic E-state index is 0.226. The number of aryl methyl sites for hydroxylation is 1. The summed E-state index contributed by atoms with van der Waals surface area (Å²) in [5.74, 6) is 0.0727. The van der Waals surface area contributed by atoms with Crippen LogP contribution in [0.2, 0.25) is 5.02 Å². The van der Waals surface area contributed by atoms with Gasteiger partial charge in [0, 0.05) is 5.02 Å². The number of hydrazine groups is 1. The summed E-state index contributed by atoms with van der Waals surface area (Å²) in [4.78, 5) is 25.5. The molecule has 2 aromatic rings. The first kappa shape index (κ1) is 22.3. The van der Waals surface area contributed by atoms with Gasteiger partial charge in [-0.3, -0.25) is 15.0 Å². The third-order valence-corrected chi connectivity index (χ3v) is 5.90. The van der Waals surface area contributed by atoms with Crippen molar-refractivity contribution in [1.82, 2.24) is 10.4 Å². The Morgan fingerprint density at radius 3 is 2.63 bits per heavy atom. The van der Waals surface area contributed by atoms with Crippen LogP contribution in [0.3, 0.4) is 0 Å². The first-order chi connectivity index (χ1) is 14.2. The topological polar surface area (TPSA) is 58.6 Å². The highest BCUT2D eigenvalue weighted by Crippen LogP contribution is 2.31. The second-order valence-electron chi connectivity index (χ2n) is 7.09. The molecular weight excluding hydrogens is 440 g/mol. The number of halogens is 1. The molecule has 0 spiro atoms. The Balaban J connectivity index is 1.64. The molecule has 0 saturated carbocycles. The lowest BCUT2D eigenvalue weighted by Gasteiger charge is -2.17. The van der Waals surface area contributed by atoms with Gasteiger partial charge < -0.3 is 4.74 Å². The number of nitrogens with zero attached hydrogens (tertiary/aromatic N) is 1. The molecule has 0 radical (unpaired) electrons. The van der Waals surface area contributed by atoms with Crippen molar-refractivity contribution >= 4 is 57.8 Å². The molecule has 0 aliphatic carbocycles. The maximum atomic E-state index is 12.7. The van der Waals surface area contributed by atoms with Crippen LogP contribution in [0.5, 0.6) is 5.75 Å². The number of amides is 2. The number of carbonyl (C=O) groups excluding carboxylic acids is 2. The fourth-order valence-corrected chi connectivity index (χ4v) is 4.12. The largest absolute Gasteiger partial charge is 0.483 e. The van der Waals surface area contributed by atoms with Crippen molar-refractivity contribution in [2.75, 3.05) is 6.61 Å². The molecule has 0 aromatic heterocycles. The Labute approximate surface area is 190 Å². The second kappa shape index (κ2) is 9.64. The first-order valence-electron chi connectivity index (χ1n) is 9.31. The number of hydrogen-bond acceptors (Lipinski definition) is 5. The molecule has 5 nitrogen and oxygen atoms in total. The molecular formula is C22H21ClN2O3S2. The first-order valence-corrected chi connectivity index (χ1v) is 10.9. The lowest BCUT2D eigenvalue weighted by molar-refractivity contribution is -0.134. The Bertz CT molecular complexity index is 1020. The molecule has 8 heteroatoms. The second-order valence-corrected chi connectivity index (χ2v) is 9.20. The van der Waals surface area contributed by atoms with Gasteiger partial charge in [0.1, 0.15) is 5.75 Å². The van der Waals surface area contributed by atoms with Gasteiger partial charge in [0.25, 0.3) is 11.8 Å². The summed E-state index contributed by atoms with van der Waals surface area (Å²) >= 11 is 12.3. The quantitative estimate of drug-likeness (QED) is 0.481. The molecule has 156 valence electrons. The molecule has 3 rings (SSSR count). The molecule has 0 unspecified atom stereocenters. The molecule has 0 atom stereocenters. The third kappa shape index (κ3) is 5.41. The van der Waals surface area contributed by atoms with Crippen molar-refractivity contribution in [3.05, 3.63) is 69.1 Å². The van der Waals surface area contributed by atoms with E-state index in [0.29, 0.717) is 15.7 Å². The van der Waals surface area contributed by atoms with E-state index in [-0.39, 0.29) is 22.8 Å². The molecule has 1 heterocycles. The van der Waals surface area contributed by atoms with Crippen LogP contribution < -0.4 is 10.2 Å². The summed E-state index contributed by atoms with van der Waals surface area (Å²) < 4.78 is 5.98. The van der Waals surface area contributed by atoms with Gasteiger partial charge >= 0.3 is 0 Å². The molecule has 1 fully saturated rings. The summed E-state index contributed by atoms with van der Waals surface area (Å²) in [6.45, 7) is 5.86. The standard InChI is InChI=1S/C22H21ClN2O3S2/c1-13(2)17-9-4-14(3)10-18(17)28-12-20(26)24-25-21(27)19(30-22(25)29)11-15-5-7-16(23)8-6-15/h4-11,13H,12H2,1-3H3,(H,24,26)/b19-11+. The zero-order valence-electron chi connectivity index (χ0n) is 16.8. The van der Waals surface area contributed by atoms with Crippen molar-refractivity contribution < 1.29 is 14.3 Å². The van der Waals surface area contributed by atoms with Crippen molar-refractivity contribution in [3.63, 3.8) is 0 Å². The van der Waals surface area contributed by atoms with Crippen LogP contribution in [0.15, 0.2) is 47.4 Å².